The molecule has 224 valence electrons. The van der Waals surface area contributed by atoms with Gasteiger partial charge in [-0.3, -0.25) is 4.90 Å². The summed E-state index contributed by atoms with van der Waals surface area (Å²) in [4.78, 5) is 13.8. The van der Waals surface area contributed by atoms with E-state index in [4.69, 9.17) is 9.72 Å². The monoisotopic (exact) mass is 589 g/mol. The second-order valence-corrected chi connectivity index (χ2v) is 12.9. The Balaban J connectivity index is 1.20. The molecule has 4 aromatic rings. The van der Waals surface area contributed by atoms with Crippen LogP contribution >= 0.6 is 0 Å². The average Bonchev–Trinajstić information content (AvgIpc) is 3.51. The highest BCUT2D eigenvalue weighted by Gasteiger charge is 2.46. The first kappa shape index (κ1) is 27.0. The number of phenols is 1. The van der Waals surface area contributed by atoms with Gasteiger partial charge in [0.15, 0.2) is 5.82 Å². The lowest BCUT2D eigenvalue weighted by Crippen LogP contribution is -2.51. The molecular formula is C33H34F3N5O2. The predicted molar refractivity (Wildman–Crippen MR) is 159 cm³/mol. The molecule has 3 aromatic carbocycles. The molecule has 7 nitrogen and oxygen atoms in total. The molecule has 10 heteroatoms. The Labute approximate surface area is 247 Å². The maximum absolute atomic E-state index is 16.6. The predicted octanol–water partition coefficient (Wildman–Crippen LogP) is 5.58. The summed E-state index contributed by atoms with van der Waals surface area (Å²) in [7, 11) is 0. The van der Waals surface area contributed by atoms with Crippen molar-refractivity contribution in [1.29, 1.82) is 0 Å². The van der Waals surface area contributed by atoms with Gasteiger partial charge in [0.05, 0.1) is 6.61 Å². The summed E-state index contributed by atoms with van der Waals surface area (Å²) < 4.78 is 51.7. The van der Waals surface area contributed by atoms with Crippen molar-refractivity contribution in [3.63, 3.8) is 0 Å². The molecule has 0 spiro atoms. The molecule has 2 N–H and O–H groups in total. The number of nitrogens with one attached hydrogen (secondary N) is 1. The van der Waals surface area contributed by atoms with Crippen molar-refractivity contribution >= 4 is 27.5 Å². The lowest BCUT2D eigenvalue weighted by atomic mass is 9.96. The summed E-state index contributed by atoms with van der Waals surface area (Å²) in [6.07, 6.45) is 3.93. The largest absolute Gasteiger partial charge is 0.508 e. The van der Waals surface area contributed by atoms with Crippen molar-refractivity contribution in [3.8, 4) is 22.9 Å². The summed E-state index contributed by atoms with van der Waals surface area (Å²) in [5.41, 5.74) is 0.419. The number of benzene rings is 3. The van der Waals surface area contributed by atoms with Crippen LogP contribution < -0.4 is 15.0 Å². The van der Waals surface area contributed by atoms with E-state index in [1.54, 1.807) is 24.3 Å². The highest BCUT2D eigenvalue weighted by molar-refractivity contribution is 6.01. The third-order valence-corrected chi connectivity index (χ3v) is 9.72. The molecule has 1 aliphatic carbocycles. The smallest absolute Gasteiger partial charge is 0.319 e. The molecule has 8 rings (SSSR count). The number of ether oxygens (including phenoxy) is 1. The van der Waals surface area contributed by atoms with Crippen molar-refractivity contribution in [2.24, 2.45) is 5.41 Å². The zero-order chi connectivity index (χ0) is 29.3. The Morgan fingerprint density at radius 2 is 1.79 bits per heavy atom. The third-order valence-electron chi connectivity index (χ3n) is 9.72. The van der Waals surface area contributed by atoms with Gasteiger partial charge in [-0.05, 0) is 67.3 Å². The number of phenolic OH excluding ortho intramolecular Hbond substituents is 1. The molecule has 2 bridgehead atoms. The van der Waals surface area contributed by atoms with Crippen molar-refractivity contribution in [2.45, 2.75) is 50.4 Å². The maximum Gasteiger partial charge on any atom is 0.319 e. The number of likely N-dealkylation sites (tertiary alicyclic amines) is 1. The topological polar surface area (TPSA) is 73.8 Å². The lowest BCUT2D eigenvalue weighted by molar-refractivity contribution is 0.165. The summed E-state index contributed by atoms with van der Waals surface area (Å²) in [5.74, 6) is -0.572. The fourth-order valence-electron chi connectivity index (χ4n) is 7.33. The molecule has 4 fully saturated rings. The molecule has 1 aromatic heterocycles. The molecule has 0 radical (unpaired) electrons. The minimum absolute atomic E-state index is 0.0743. The molecular weight excluding hydrogens is 555 g/mol. The molecule has 3 atom stereocenters. The number of alkyl halides is 1. The number of anilines is 1. The van der Waals surface area contributed by atoms with E-state index in [9.17, 15) is 9.50 Å². The highest BCUT2D eigenvalue weighted by Crippen LogP contribution is 2.47. The molecule has 3 saturated heterocycles. The summed E-state index contributed by atoms with van der Waals surface area (Å²) in [6, 6.07) is 11.6. The Morgan fingerprint density at radius 1 is 0.977 bits per heavy atom. The first-order valence-corrected chi connectivity index (χ1v) is 15.3. The SMILES string of the molecule is Oc1cc(-c2ccc3c(N4CC5CCC(C4)N5)nc(OCC4(CN5CC[C@H](F)C5)CC4)nc3c2F)c2c(F)cccc2c1. The van der Waals surface area contributed by atoms with Crippen LogP contribution in [0.3, 0.4) is 0 Å². The first-order chi connectivity index (χ1) is 20.8. The fraction of sp³-hybridized carbons (Fsp3) is 0.455. The van der Waals surface area contributed by atoms with Crippen molar-refractivity contribution in [1.82, 2.24) is 20.2 Å². The number of rotatable bonds is 7. The van der Waals surface area contributed by atoms with Gasteiger partial charge in [0.25, 0.3) is 0 Å². The Bertz CT molecular complexity index is 1720. The van der Waals surface area contributed by atoms with Gasteiger partial charge in [0.1, 0.15) is 29.1 Å². The Kier molecular flexibility index (Phi) is 6.41. The van der Waals surface area contributed by atoms with E-state index in [2.05, 4.69) is 20.1 Å². The molecule has 2 unspecified atom stereocenters. The van der Waals surface area contributed by atoms with Gasteiger partial charge in [0, 0.05) is 66.6 Å². The molecule has 3 aliphatic heterocycles. The van der Waals surface area contributed by atoms with Crippen LogP contribution in [0.25, 0.3) is 32.8 Å². The normalized spacial score (nSPS) is 24.7. The first-order valence-electron chi connectivity index (χ1n) is 15.3. The van der Waals surface area contributed by atoms with Crippen LogP contribution in [0.15, 0.2) is 42.5 Å². The van der Waals surface area contributed by atoms with Crippen LogP contribution in [-0.4, -0.2) is 77.6 Å². The molecule has 4 heterocycles. The average molecular weight is 590 g/mol. The zero-order valence-electron chi connectivity index (χ0n) is 23.8. The van der Waals surface area contributed by atoms with Gasteiger partial charge in [0.2, 0.25) is 0 Å². The number of piperazine rings is 1. The van der Waals surface area contributed by atoms with E-state index in [-0.39, 0.29) is 39.2 Å². The molecule has 0 amide bonds. The van der Waals surface area contributed by atoms with E-state index in [0.717, 1.165) is 51.9 Å². The number of aromatic hydroxyl groups is 1. The lowest BCUT2D eigenvalue weighted by Gasteiger charge is -2.34. The van der Waals surface area contributed by atoms with E-state index in [1.165, 1.54) is 18.2 Å². The summed E-state index contributed by atoms with van der Waals surface area (Å²) in [6.45, 7) is 3.85. The van der Waals surface area contributed by atoms with E-state index in [1.807, 2.05) is 0 Å². The number of aromatic nitrogens is 2. The second kappa shape index (κ2) is 10.2. The van der Waals surface area contributed by atoms with E-state index < -0.39 is 17.8 Å². The van der Waals surface area contributed by atoms with Gasteiger partial charge >= 0.3 is 6.01 Å². The zero-order valence-corrected chi connectivity index (χ0v) is 23.8. The van der Waals surface area contributed by atoms with Crippen LogP contribution in [0.4, 0.5) is 19.0 Å². The quantitative estimate of drug-likeness (QED) is 0.292. The van der Waals surface area contributed by atoms with Crippen LogP contribution in [0.1, 0.15) is 32.1 Å². The number of halogens is 3. The standard InChI is InChI=1S/C33H34F3N5O2/c34-20-8-11-40(14-20)17-33(9-10-33)18-43-32-38-30-25(31(39-32)41-15-21-4-5-22(16-41)37-21)7-6-24(29(30)36)26-13-23(42)12-19-2-1-3-27(35)28(19)26/h1-3,6-7,12-13,20-22,37,42H,4-5,8-11,14-18H2/t20-,21?,22?/m0/s1. The van der Waals surface area contributed by atoms with Crippen LogP contribution in [0.5, 0.6) is 11.8 Å². The Morgan fingerprint density at radius 3 is 2.53 bits per heavy atom. The number of nitrogens with zero attached hydrogens (tertiary/aromatic N) is 4. The maximum atomic E-state index is 16.6. The van der Waals surface area contributed by atoms with Gasteiger partial charge < -0.3 is 20.1 Å². The number of hydrogen-bond donors (Lipinski definition) is 2. The van der Waals surface area contributed by atoms with E-state index in [0.29, 0.717) is 48.2 Å². The fourth-order valence-corrected chi connectivity index (χ4v) is 7.33. The van der Waals surface area contributed by atoms with E-state index >= 15 is 8.78 Å². The minimum Gasteiger partial charge on any atom is -0.508 e. The highest BCUT2D eigenvalue weighted by atomic mass is 19.1. The van der Waals surface area contributed by atoms with Gasteiger partial charge in [-0.2, -0.15) is 9.97 Å². The Hall–Kier alpha value is -3.63. The third kappa shape index (κ3) is 4.94. The van der Waals surface area contributed by atoms with Gasteiger partial charge in [-0.25, -0.2) is 13.2 Å². The van der Waals surface area contributed by atoms with Gasteiger partial charge in [-0.15, -0.1) is 0 Å². The molecule has 1 saturated carbocycles. The number of fused-ring (bicyclic) bond motifs is 4. The molecule has 4 aliphatic rings. The van der Waals surface area contributed by atoms with Crippen molar-refractivity contribution in [3.05, 3.63) is 54.1 Å². The van der Waals surface area contributed by atoms with Crippen molar-refractivity contribution < 1.29 is 23.0 Å². The van der Waals surface area contributed by atoms with Crippen LogP contribution in [0.2, 0.25) is 0 Å². The number of hydrogen-bond acceptors (Lipinski definition) is 7. The summed E-state index contributed by atoms with van der Waals surface area (Å²) >= 11 is 0. The van der Waals surface area contributed by atoms with Crippen LogP contribution in [0, 0.1) is 17.0 Å². The minimum atomic E-state index is -0.772. The van der Waals surface area contributed by atoms with Gasteiger partial charge in [-0.1, -0.05) is 18.2 Å². The second-order valence-electron chi connectivity index (χ2n) is 12.9. The molecule has 43 heavy (non-hydrogen) atoms. The summed E-state index contributed by atoms with van der Waals surface area (Å²) in [5, 5.41) is 15.3. The van der Waals surface area contributed by atoms with Crippen molar-refractivity contribution in [2.75, 3.05) is 44.2 Å². The van der Waals surface area contributed by atoms with Crippen LogP contribution in [-0.2, 0) is 0 Å².